The number of aryl methyl sites for hydroxylation is 1. The molecule has 0 radical (unpaired) electrons. The Balaban J connectivity index is 3.33. The van der Waals surface area contributed by atoms with Crippen LogP contribution in [0, 0.1) is 6.92 Å². The number of rotatable bonds is 2. The maximum atomic E-state index is 11.2. The minimum absolute atomic E-state index is 0.341. The highest BCUT2D eigenvalue weighted by Gasteiger charge is 2.07. The summed E-state index contributed by atoms with van der Waals surface area (Å²) in [6.07, 6.45) is 1.20. The summed E-state index contributed by atoms with van der Waals surface area (Å²) < 4.78 is 22.4. The molecule has 13 heavy (non-hydrogen) atoms. The van der Waals surface area contributed by atoms with Gasteiger partial charge in [0.05, 0.1) is 4.90 Å². The Labute approximate surface area is 78.5 Å². The minimum Gasteiger partial charge on any atom is -0.326 e. The van der Waals surface area contributed by atoms with E-state index in [0.717, 1.165) is 11.1 Å². The second-order valence-electron chi connectivity index (χ2n) is 3.13. The van der Waals surface area contributed by atoms with E-state index in [1.807, 2.05) is 13.0 Å². The van der Waals surface area contributed by atoms with E-state index in [-0.39, 0.29) is 0 Å². The van der Waals surface area contributed by atoms with Crippen molar-refractivity contribution in [2.24, 2.45) is 5.73 Å². The van der Waals surface area contributed by atoms with Crippen LogP contribution in [-0.2, 0) is 16.4 Å². The van der Waals surface area contributed by atoms with Crippen LogP contribution in [0.15, 0.2) is 23.1 Å². The highest BCUT2D eigenvalue weighted by Crippen LogP contribution is 2.14. The summed E-state index contributed by atoms with van der Waals surface area (Å²) in [4.78, 5) is 0.341. The van der Waals surface area contributed by atoms with Gasteiger partial charge in [0, 0.05) is 12.8 Å². The summed E-state index contributed by atoms with van der Waals surface area (Å²) in [5, 5.41) is 0. The zero-order chi connectivity index (χ0) is 10.1. The molecule has 4 heteroatoms. The first-order valence-electron chi connectivity index (χ1n) is 3.94. The third-order valence-electron chi connectivity index (χ3n) is 1.77. The SMILES string of the molecule is Cc1cc(CN)cc(S(C)(=O)=O)c1. The number of sulfone groups is 1. The Morgan fingerprint density at radius 3 is 2.38 bits per heavy atom. The number of hydrogen-bond acceptors (Lipinski definition) is 3. The molecular formula is C9H13NO2S. The molecule has 1 aromatic rings. The average molecular weight is 199 g/mol. The fourth-order valence-corrected chi connectivity index (χ4v) is 1.92. The monoisotopic (exact) mass is 199 g/mol. The van der Waals surface area contributed by atoms with Crippen LogP contribution >= 0.6 is 0 Å². The highest BCUT2D eigenvalue weighted by atomic mass is 32.2. The van der Waals surface area contributed by atoms with Crippen LogP contribution in [-0.4, -0.2) is 14.7 Å². The molecule has 72 valence electrons. The Hall–Kier alpha value is -0.870. The third-order valence-corrected chi connectivity index (χ3v) is 2.87. The Morgan fingerprint density at radius 2 is 1.92 bits per heavy atom. The molecule has 0 spiro atoms. The first-order chi connectivity index (χ1) is 5.93. The maximum Gasteiger partial charge on any atom is 0.175 e. The lowest BCUT2D eigenvalue weighted by Gasteiger charge is -2.03. The quantitative estimate of drug-likeness (QED) is 0.768. The fraction of sp³-hybridized carbons (Fsp3) is 0.333. The molecule has 1 aromatic carbocycles. The van der Waals surface area contributed by atoms with Crippen molar-refractivity contribution in [1.29, 1.82) is 0 Å². The normalized spacial score (nSPS) is 11.6. The van der Waals surface area contributed by atoms with Crippen molar-refractivity contribution in [2.75, 3.05) is 6.26 Å². The fourth-order valence-electron chi connectivity index (χ4n) is 1.16. The van der Waals surface area contributed by atoms with Gasteiger partial charge in [-0.2, -0.15) is 0 Å². The smallest absolute Gasteiger partial charge is 0.175 e. The van der Waals surface area contributed by atoms with Crippen LogP contribution in [0.2, 0.25) is 0 Å². The molecule has 0 aliphatic heterocycles. The van der Waals surface area contributed by atoms with Crippen molar-refractivity contribution in [3.05, 3.63) is 29.3 Å². The van der Waals surface area contributed by atoms with Crippen molar-refractivity contribution in [3.63, 3.8) is 0 Å². The topological polar surface area (TPSA) is 60.2 Å². The molecule has 0 unspecified atom stereocenters. The van der Waals surface area contributed by atoms with Crippen LogP contribution < -0.4 is 5.73 Å². The molecule has 0 aliphatic carbocycles. The van der Waals surface area contributed by atoms with E-state index in [9.17, 15) is 8.42 Å². The standard InChI is InChI=1S/C9H13NO2S/c1-7-3-8(6-10)5-9(4-7)13(2,11)12/h3-5H,6,10H2,1-2H3. The number of nitrogens with two attached hydrogens (primary N) is 1. The van der Waals surface area contributed by atoms with E-state index in [2.05, 4.69) is 0 Å². The van der Waals surface area contributed by atoms with Gasteiger partial charge in [-0.15, -0.1) is 0 Å². The zero-order valence-electron chi connectivity index (χ0n) is 7.74. The predicted molar refractivity (Wildman–Crippen MR) is 52.2 cm³/mol. The van der Waals surface area contributed by atoms with Gasteiger partial charge in [-0.25, -0.2) is 8.42 Å². The molecule has 3 nitrogen and oxygen atoms in total. The number of benzene rings is 1. The molecule has 0 aromatic heterocycles. The van der Waals surface area contributed by atoms with E-state index >= 15 is 0 Å². The van der Waals surface area contributed by atoms with Gasteiger partial charge in [-0.3, -0.25) is 0 Å². The Morgan fingerprint density at radius 1 is 1.31 bits per heavy atom. The van der Waals surface area contributed by atoms with Crippen molar-refractivity contribution in [3.8, 4) is 0 Å². The van der Waals surface area contributed by atoms with Gasteiger partial charge in [0.1, 0.15) is 0 Å². The summed E-state index contributed by atoms with van der Waals surface area (Å²) in [5.41, 5.74) is 7.20. The number of hydrogen-bond donors (Lipinski definition) is 1. The van der Waals surface area contributed by atoms with Crippen molar-refractivity contribution in [1.82, 2.24) is 0 Å². The molecule has 1 rings (SSSR count). The molecule has 0 aliphatic rings. The lowest BCUT2D eigenvalue weighted by atomic mass is 10.1. The third kappa shape index (κ3) is 2.54. The van der Waals surface area contributed by atoms with Gasteiger partial charge in [-0.1, -0.05) is 6.07 Å². The van der Waals surface area contributed by atoms with E-state index in [1.165, 1.54) is 6.26 Å². The van der Waals surface area contributed by atoms with Crippen LogP contribution in [0.25, 0.3) is 0 Å². The second kappa shape index (κ2) is 3.47. The molecule has 2 N–H and O–H groups in total. The van der Waals surface area contributed by atoms with Gasteiger partial charge < -0.3 is 5.73 Å². The molecule has 0 heterocycles. The Bertz CT molecular complexity index is 410. The van der Waals surface area contributed by atoms with Crippen molar-refractivity contribution in [2.45, 2.75) is 18.4 Å². The molecule has 0 atom stereocenters. The average Bonchev–Trinajstić information content (AvgIpc) is 2.01. The summed E-state index contributed by atoms with van der Waals surface area (Å²) >= 11 is 0. The summed E-state index contributed by atoms with van der Waals surface area (Å²) in [5.74, 6) is 0. The Kier molecular flexibility index (Phi) is 2.73. The van der Waals surface area contributed by atoms with Crippen LogP contribution in [0.3, 0.4) is 0 Å². The molecule has 0 fully saturated rings. The van der Waals surface area contributed by atoms with Gasteiger partial charge in [-0.05, 0) is 30.2 Å². The molecule has 0 bridgehead atoms. The molecular weight excluding hydrogens is 186 g/mol. The second-order valence-corrected chi connectivity index (χ2v) is 5.15. The van der Waals surface area contributed by atoms with E-state index in [4.69, 9.17) is 5.73 Å². The van der Waals surface area contributed by atoms with Crippen molar-refractivity contribution < 1.29 is 8.42 Å². The first kappa shape index (κ1) is 10.2. The molecule has 0 saturated heterocycles. The summed E-state index contributed by atoms with van der Waals surface area (Å²) in [6, 6.07) is 5.14. The largest absolute Gasteiger partial charge is 0.326 e. The zero-order valence-corrected chi connectivity index (χ0v) is 8.56. The highest BCUT2D eigenvalue weighted by molar-refractivity contribution is 7.90. The van der Waals surface area contributed by atoms with Gasteiger partial charge in [0.15, 0.2) is 9.84 Å². The van der Waals surface area contributed by atoms with Gasteiger partial charge >= 0.3 is 0 Å². The van der Waals surface area contributed by atoms with Crippen LogP contribution in [0.4, 0.5) is 0 Å². The first-order valence-corrected chi connectivity index (χ1v) is 5.83. The summed E-state index contributed by atoms with van der Waals surface area (Å²) in [7, 11) is -3.11. The van der Waals surface area contributed by atoms with Gasteiger partial charge in [0.25, 0.3) is 0 Å². The van der Waals surface area contributed by atoms with E-state index < -0.39 is 9.84 Å². The predicted octanol–water partition coefficient (Wildman–Crippen LogP) is 0.857. The lowest BCUT2D eigenvalue weighted by Crippen LogP contribution is -2.02. The minimum atomic E-state index is -3.11. The molecule has 0 amide bonds. The van der Waals surface area contributed by atoms with Crippen molar-refractivity contribution >= 4 is 9.84 Å². The lowest BCUT2D eigenvalue weighted by molar-refractivity contribution is 0.601. The van der Waals surface area contributed by atoms with Crippen LogP contribution in [0.5, 0.6) is 0 Å². The maximum absolute atomic E-state index is 11.2. The van der Waals surface area contributed by atoms with E-state index in [1.54, 1.807) is 12.1 Å². The van der Waals surface area contributed by atoms with Gasteiger partial charge in [0.2, 0.25) is 0 Å². The van der Waals surface area contributed by atoms with Crippen LogP contribution in [0.1, 0.15) is 11.1 Å². The van der Waals surface area contributed by atoms with E-state index in [0.29, 0.717) is 11.4 Å². The molecule has 0 saturated carbocycles. The summed E-state index contributed by atoms with van der Waals surface area (Å²) in [6.45, 7) is 2.22.